The summed E-state index contributed by atoms with van der Waals surface area (Å²) in [4.78, 5) is 80.4. The molecule has 12 heterocycles. The maximum Gasteiger partial charge on any atom is 1.00 e. The van der Waals surface area contributed by atoms with Gasteiger partial charge in [0.1, 0.15) is 28.3 Å². The molecule has 0 unspecified atom stereocenters. The summed E-state index contributed by atoms with van der Waals surface area (Å²) in [6, 6.07) is 38.5. The maximum absolute atomic E-state index is 11.9. The van der Waals surface area contributed by atoms with Crippen molar-refractivity contribution in [1.82, 2.24) is 62.8 Å². The van der Waals surface area contributed by atoms with Crippen LogP contribution in [0, 0.1) is 27.7 Å². The molecule has 1 amide bonds. The van der Waals surface area contributed by atoms with Gasteiger partial charge in [0.25, 0.3) is 5.91 Å². The van der Waals surface area contributed by atoms with Crippen LogP contribution in [0.4, 0.5) is 0 Å². The van der Waals surface area contributed by atoms with Crippen LogP contribution in [0.25, 0.3) is 65.1 Å². The zero-order valence-electron chi connectivity index (χ0n) is 53.5. The number of aromatic nitrogens is 12. The fraction of sp³-hybridized carbons (Fsp3) is 0.143. The monoisotopic (exact) mass is 1340 g/mol. The van der Waals surface area contributed by atoms with Gasteiger partial charge in [0, 0.05) is 60.5 Å². The zero-order chi connectivity index (χ0) is 66.1. The number of rotatable bonds is 13. The van der Waals surface area contributed by atoms with Gasteiger partial charge in [0.2, 0.25) is 0 Å². The molecular formula is C70H72BrN14NaO8. The van der Waals surface area contributed by atoms with Gasteiger partial charge in [0.15, 0.2) is 17.1 Å². The molecule has 0 saturated heterocycles. The molecule has 0 spiro atoms. The molecular weight excluding hydrogens is 1270 g/mol. The summed E-state index contributed by atoms with van der Waals surface area (Å²) in [7, 11) is 3.11. The number of hydrogen-bond donors (Lipinski definition) is 3. The van der Waals surface area contributed by atoms with Crippen molar-refractivity contribution in [1.29, 1.82) is 0 Å². The van der Waals surface area contributed by atoms with E-state index in [9.17, 15) is 19.2 Å². The molecule has 0 atom stereocenters. The Hall–Kier alpha value is -10.4. The summed E-state index contributed by atoms with van der Waals surface area (Å²) in [6.45, 7) is 15.7. The van der Waals surface area contributed by atoms with Gasteiger partial charge >= 0.3 is 47.5 Å². The number of carboxylic acids is 1. The number of esters is 2. The Morgan fingerprint density at radius 1 is 0.500 bits per heavy atom. The number of fused-ring (bicyclic) bond motifs is 4. The molecule has 12 aromatic rings. The molecule has 0 radical (unpaired) electrons. The first-order valence-corrected chi connectivity index (χ1v) is 29.6. The number of amides is 1. The largest absolute Gasteiger partial charge is 1.00 e. The van der Waals surface area contributed by atoms with Crippen molar-refractivity contribution in [2.45, 2.75) is 41.5 Å². The van der Waals surface area contributed by atoms with Gasteiger partial charge < -0.3 is 31.1 Å². The Kier molecular flexibility index (Phi) is 29.4. The number of carboxylic acid groups (broad SMARTS) is 1. The van der Waals surface area contributed by atoms with Gasteiger partial charge in [0.05, 0.1) is 60.8 Å². The second-order valence-electron chi connectivity index (χ2n) is 19.6. The predicted octanol–water partition coefficient (Wildman–Crippen LogP) is 9.81. The van der Waals surface area contributed by atoms with Crippen molar-refractivity contribution in [3.05, 3.63) is 267 Å². The Labute approximate surface area is 575 Å². The first-order chi connectivity index (χ1) is 44.5. The molecule has 94 heavy (non-hydrogen) atoms. The van der Waals surface area contributed by atoms with Crippen molar-refractivity contribution < 1.29 is 70.2 Å². The third-order valence-corrected chi connectivity index (χ3v) is 13.4. The van der Waals surface area contributed by atoms with E-state index in [0.717, 1.165) is 78.0 Å². The summed E-state index contributed by atoms with van der Waals surface area (Å²) in [5.41, 5.74) is 19.1. The molecule has 0 aromatic carbocycles. The first-order valence-electron chi connectivity index (χ1n) is 28.9. The van der Waals surface area contributed by atoms with Gasteiger partial charge in [-0.15, -0.1) is 0 Å². The van der Waals surface area contributed by atoms with Crippen molar-refractivity contribution in [2.75, 3.05) is 27.3 Å². The number of halogens is 1. The number of nitrogens with one attached hydrogen (secondary N) is 1. The number of nitrogens with two attached hydrogens (primary N) is 1. The molecule has 0 aliphatic heterocycles. The van der Waals surface area contributed by atoms with E-state index in [1.54, 1.807) is 69.2 Å². The minimum atomic E-state index is -0.996. The second kappa shape index (κ2) is 37.2. The summed E-state index contributed by atoms with van der Waals surface area (Å²) in [5, 5.41) is 11.7. The summed E-state index contributed by atoms with van der Waals surface area (Å²) in [5.74, 6) is -1.89. The Balaban J connectivity index is 0.000000255. The number of imidazole rings is 4. The number of carbonyl (C=O) groups excluding carboxylic acids is 3. The van der Waals surface area contributed by atoms with Crippen molar-refractivity contribution >= 4 is 105 Å². The molecule has 0 aliphatic rings. The van der Waals surface area contributed by atoms with Gasteiger partial charge in [-0.05, 0) is 203 Å². The van der Waals surface area contributed by atoms with Gasteiger partial charge in [-0.3, -0.25) is 42.3 Å². The number of ether oxygens (including phenoxy) is 2. The zero-order valence-corrected chi connectivity index (χ0v) is 57.1. The van der Waals surface area contributed by atoms with Crippen LogP contribution in [-0.4, -0.2) is 119 Å². The van der Waals surface area contributed by atoms with E-state index in [-0.39, 0.29) is 60.0 Å². The molecule has 0 fully saturated rings. The molecule has 22 nitrogen and oxygen atoms in total. The van der Waals surface area contributed by atoms with Crippen LogP contribution < -0.4 is 40.6 Å². The molecule has 24 heteroatoms. The number of aryl methyl sites for hydroxylation is 4. The number of carbonyl (C=O) groups is 4. The maximum atomic E-state index is 11.9. The summed E-state index contributed by atoms with van der Waals surface area (Å²) in [6.07, 6.45) is 26.6. The van der Waals surface area contributed by atoms with Crippen LogP contribution in [0.1, 0.15) is 119 Å². The normalized spacial score (nSPS) is 10.5. The fourth-order valence-electron chi connectivity index (χ4n) is 8.60. The van der Waals surface area contributed by atoms with E-state index in [1.165, 1.54) is 25.6 Å². The second-order valence-corrected chi connectivity index (χ2v) is 20.5. The molecule has 5 N–H and O–H groups in total. The number of nitrogens with zero attached hydrogens (tertiary/aromatic N) is 12. The standard InChI is InChI=1S/C18H17N3O2.C17H16N4O.C16H13N3O2.C10H9BrN2O2.C8H9N.CH5N.Na.H2O.H2/c1-3-23-18(22)16-11-19-17-10-8-14(12-21(16)17)7-9-15-6-4-5-13(2)20-15;1-12-4-3-5-14(20-12)8-6-13-7-9-16-19-10-15(17(22)18-2)21(16)11-13;1-11-3-2-4-13(18-11)7-5-12-6-8-15-17-9-14(16(20)21)19(15)10-12;1-2-15-10(14)8-5-12-9-4-3-7(11)6-13(8)9;1-3-8-6-4-5-7(2)9-8;1-2;;;/h4-12H,3H2,1-2H3;3-11H,1-2H3,(H,18,22);2-10H,1H3,(H,20,21);3-6H,2H2,1H3;3-6H,1H2,2H3;2H2,1H3;;1H2;1H/q;;;;;;+1;;/p-1/b9-7+;8-6+;7-5+;;;;;;. The third-order valence-electron chi connectivity index (χ3n) is 12.9. The molecule has 478 valence electrons. The van der Waals surface area contributed by atoms with E-state index in [1.807, 2.05) is 192 Å². The van der Waals surface area contributed by atoms with Crippen LogP contribution >= 0.6 is 15.9 Å². The summed E-state index contributed by atoms with van der Waals surface area (Å²) < 4.78 is 17.6. The molecule has 0 bridgehead atoms. The Morgan fingerprint density at radius 2 is 0.819 bits per heavy atom. The number of aromatic carboxylic acids is 1. The molecule has 0 saturated carbocycles. The minimum absolute atomic E-state index is 0. The number of pyridine rings is 8. The van der Waals surface area contributed by atoms with E-state index >= 15 is 0 Å². The fourth-order valence-corrected chi connectivity index (χ4v) is 8.94. The quantitative estimate of drug-likeness (QED) is 0.0714. The SMILES string of the molecule is C=Cc1cccc(C)n1.CCOC(=O)c1cnc2ccc(/C=C/c3cccc(C)n3)cn12.CCOC(=O)c1cnc2ccc(Br)cn12.CN.CNC(=O)c1cnc2ccc(/C=C/c3cccc(C)n3)cn12.Cc1cccc(/C=C/c2ccc3ncc(C(=O)O)n3c2)n1.[HH].[Na+].[OH-]. The first kappa shape index (κ1) is 74.3. The van der Waals surface area contributed by atoms with Crippen molar-refractivity contribution in [3.8, 4) is 0 Å². The molecule has 12 aromatic heterocycles. The van der Waals surface area contributed by atoms with Gasteiger partial charge in [-0.25, -0.2) is 34.3 Å². The van der Waals surface area contributed by atoms with E-state index in [4.69, 9.17) is 14.6 Å². The van der Waals surface area contributed by atoms with Crippen molar-refractivity contribution in [2.24, 2.45) is 5.73 Å². The van der Waals surface area contributed by atoms with E-state index in [2.05, 4.69) is 73.4 Å². The Bertz CT molecular complexity index is 4640. The van der Waals surface area contributed by atoms with Crippen LogP contribution in [0.5, 0.6) is 0 Å². The van der Waals surface area contributed by atoms with Crippen molar-refractivity contribution in [3.63, 3.8) is 0 Å². The van der Waals surface area contributed by atoms with Gasteiger partial charge in [-0.2, -0.15) is 0 Å². The average Bonchev–Trinajstić information content (AvgIpc) is 1.73. The minimum Gasteiger partial charge on any atom is -0.870 e. The topological polar surface area (TPSA) is 296 Å². The molecule has 12 rings (SSSR count). The van der Waals surface area contributed by atoms with Crippen LogP contribution in [0.2, 0.25) is 0 Å². The molecule has 0 aliphatic carbocycles. The summed E-state index contributed by atoms with van der Waals surface area (Å²) >= 11 is 3.34. The van der Waals surface area contributed by atoms with Crippen LogP contribution in [0.15, 0.2) is 182 Å². The third kappa shape index (κ3) is 21.1. The average molecular weight is 1340 g/mol. The number of hydrogen-bond acceptors (Lipinski definition) is 16. The Morgan fingerprint density at radius 3 is 1.16 bits per heavy atom. The van der Waals surface area contributed by atoms with Crippen LogP contribution in [-0.2, 0) is 9.47 Å². The van der Waals surface area contributed by atoms with Gasteiger partial charge in [-0.1, -0.05) is 49.1 Å². The van der Waals surface area contributed by atoms with E-state index in [0.29, 0.717) is 41.6 Å². The van der Waals surface area contributed by atoms with E-state index < -0.39 is 5.97 Å². The predicted molar refractivity (Wildman–Crippen MR) is 368 cm³/mol. The van der Waals surface area contributed by atoms with Crippen LogP contribution in [0.3, 0.4) is 0 Å². The smallest absolute Gasteiger partial charge is 0.870 e.